The SMILES string of the molecule is CC[C@@]12CC[C@](O)(C(F)(F)F)C[C@H]1CCCc1c2cc2cnn(-c3ccc(F)cc3)c2c1C1CCC1. The lowest BCUT2D eigenvalue weighted by Gasteiger charge is -2.50. The van der Waals surface area contributed by atoms with Crippen molar-refractivity contribution in [2.24, 2.45) is 5.92 Å². The number of nitrogens with zero attached hydrogens (tertiary/aromatic N) is 2. The van der Waals surface area contributed by atoms with E-state index in [1.54, 1.807) is 12.1 Å². The number of aliphatic hydroxyl groups is 1. The lowest BCUT2D eigenvalue weighted by atomic mass is 9.56. The molecule has 6 rings (SSSR count). The van der Waals surface area contributed by atoms with Gasteiger partial charge in [0, 0.05) is 5.39 Å². The van der Waals surface area contributed by atoms with Crippen LogP contribution in [0.25, 0.3) is 16.6 Å². The second-order valence-corrected chi connectivity index (χ2v) is 11.2. The molecular formula is C29H32F4N2O. The number of benzene rings is 2. The number of alkyl halides is 3. The van der Waals surface area contributed by atoms with Crippen molar-refractivity contribution in [3.05, 3.63) is 59.0 Å². The van der Waals surface area contributed by atoms with Gasteiger partial charge in [-0.25, -0.2) is 9.07 Å². The fraction of sp³-hybridized carbons (Fsp3) is 0.552. The van der Waals surface area contributed by atoms with Crippen molar-refractivity contribution in [2.75, 3.05) is 0 Å². The summed E-state index contributed by atoms with van der Waals surface area (Å²) in [5.74, 6) is -0.113. The van der Waals surface area contributed by atoms with Gasteiger partial charge in [-0.3, -0.25) is 0 Å². The fourth-order valence-electron chi connectivity index (χ4n) is 7.41. The molecule has 3 atom stereocenters. The van der Waals surface area contributed by atoms with E-state index in [0.29, 0.717) is 18.8 Å². The third-order valence-corrected chi connectivity index (χ3v) is 9.61. The van der Waals surface area contributed by atoms with E-state index >= 15 is 0 Å². The van der Waals surface area contributed by atoms with Crippen molar-refractivity contribution >= 4 is 10.9 Å². The van der Waals surface area contributed by atoms with Crippen LogP contribution in [-0.4, -0.2) is 26.7 Å². The van der Waals surface area contributed by atoms with Crippen molar-refractivity contribution in [3.8, 4) is 5.69 Å². The largest absolute Gasteiger partial charge is 0.417 e. The highest BCUT2D eigenvalue weighted by atomic mass is 19.4. The van der Waals surface area contributed by atoms with Crippen LogP contribution in [0, 0.1) is 11.7 Å². The van der Waals surface area contributed by atoms with Gasteiger partial charge in [0.25, 0.3) is 0 Å². The Balaban J connectivity index is 1.56. The molecule has 36 heavy (non-hydrogen) atoms. The van der Waals surface area contributed by atoms with Crippen LogP contribution >= 0.6 is 0 Å². The lowest BCUT2D eigenvalue weighted by molar-refractivity contribution is -0.279. The van der Waals surface area contributed by atoms with Crippen molar-refractivity contribution in [2.45, 2.75) is 94.2 Å². The summed E-state index contributed by atoms with van der Waals surface area (Å²) in [5, 5.41) is 16.3. The monoisotopic (exact) mass is 500 g/mol. The molecule has 2 aromatic carbocycles. The second kappa shape index (κ2) is 8.30. The van der Waals surface area contributed by atoms with Crippen molar-refractivity contribution in [3.63, 3.8) is 0 Å². The maximum Gasteiger partial charge on any atom is 0.417 e. The van der Waals surface area contributed by atoms with E-state index in [1.165, 1.54) is 35.2 Å². The third-order valence-electron chi connectivity index (χ3n) is 9.61. The van der Waals surface area contributed by atoms with E-state index in [0.717, 1.165) is 48.7 Å². The van der Waals surface area contributed by atoms with Crippen LogP contribution in [0.15, 0.2) is 36.5 Å². The van der Waals surface area contributed by atoms with E-state index in [4.69, 9.17) is 5.10 Å². The highest BCUT2D eigenvalue weighted by molar-refractivity contribution is 5.87. The summed E-state index contributed by atoms with van der Waals surface area (Å²) in [6.07, 6.45) is 3.51. The van der Waals surface area contributed by atoms with Crippen molar-refractivity contribution in [1.29, 1.82) is 0 Å². The van der Waals surface area contributed by atoms with Crippen LogP contribution in [0.2, 0.25) is 0 Å². The van der Waals surface area contributed by atoms with E-state index in [-0.39, 0.29) is 30.0 Å². The molecule has 7 heteroatoms. The molecule has 0 spiro atoms. The maximum absolute atomic E-state index is 13.8. The molecule has 2 fully saturated rings. The van der Waals surface area contributed by atoms with Gasteiger partial charge >= 0.3 is 6.18 Å². The second-order valence-electron chi connectivity index (χ2n) is 11.2. The van der Waals surface area contributed by atoms with Gasteiger partial charge in [-0.05, 0) is 122 Å². The van der Waals surface area contributed by atoms with Crippen molar-refractivity contribution in [1.82, 2.24) is 9.78 Å². The third kappa shape index (κ3) is 3.45. The summed E-state index contributed by atoms with van der Waals surface area (Å²) in [6, 6.07) is 8.53. The first-order valence-electron chi connectivity index (χ1n) is 13.3. The number of aromatic nitrogens is 2. The first kappa shape index (κ1) is 24.0. The minimum atomic E-state index is -4.61. The van der Waals surface area contributed by atoms with Gasteiger partial charge in [-0.1, -0.05) is 13.3 Å². The molecule has 1 heterocycles. The number of fused-ring (bicyclic) bond motifs is 4. The van der Waals surface area contributed by atoms with Gasteiger partial charge in [-0.15, -0.1) is 0 Å². The Labute approximate surface area is 208 Å². The molecule has 3 nitrogen and oxygen atoms in total. The topological polar surface area (TPSA) is 38.1 Å². The summed E-state index contributed by atoms with van der Waals surface area (Å²) >= 11 is 0. The highest BCUT2D eigenvalue weighted by Gasteiger charge is 2.60. The minimum Gasteiger partial charge on any atom is -0.380 e. The molecular weight excluding hydrogens is 468 g/mol. The molecule has 3 aromatic rings. The zero-order valence-corrected chi connectivity index (χ0v) is 20.5. The Morgan fingerprint density at radius 1 is 1.08 bits per heavy atom. The van der Waals surface area contributed by atoms with Gasteiger partial charge in [0.05, 0.1) is 17.4 Å². The molecule has 3 aliphatic rings. The van der Waals surface area contributed by atoms with Gasteiger partial charge < -0.3 is 5.11 Å². The minimum absolute atomic E-state index is 0.219. The lowest BCUT2D eigenvalue weighted by Crippen LogP contribution is -2.54. The van der Waals surface area contributed by atoms with E-state index < -0.39 is 11.8 Å². The number of rotatable bonds is 3. The first-order chi connectivity index (χ1) is 17.2. The van der Waals surface area contributed by atoms with Gasteiger partial charge in [-0.2, -0.15) is 18.3 Å². The summed E-state index contributed by atoms with van der Waals surface area (Å²) in [4.78, 5) is 0. The molecule has 0 radical (unpaired) electrons. The Morgan fingerprint density at radius 2 is 1.83 bits per heavy atom. The smallest absolute Gasteiger partial charge is 0.380 e. The van der Waals surface area contributed by atoms with E-state index in [2.05, 4.69) is 13.0 Å². The normalized spacial score (nSPS) is 28.9. The molecule has 0 bridgehead atoms. The van der Waals surface area contributed by atoms with E-state index in [1.807, 2.05) is 10.9 Å². The van der Waals surface area contributed by atoms with Gasteiger partial charge in [0.2, 0.25) is 0 Å². The molecule has 3 aliphatic carbocycles. The Bertz CT molecular complexity index is 1290. The van der Waals surface area contributed by atoms with Crippen LogP contribution in [0.4, 0.5) is 17.6 Å². The van der Waals surface area contributed by atoms with Crippen LogP contribution in [0.3, 0.4) is 0 Å². The number of hydrogen-bond acceptors (Lipinski definition) is 2. The summed E-state index contributed by atoms with van der Waals surface area (Å²) in [7, 11) is 0. The standard InChI is InChI=1S/C29H32F4N2O/c1-2-27-13-14-28(36,29(31,32)33)16-20(27)7-4-8-23-24(27)15-19-17-34-35(22-11-9-21(30)10-12-22)26(19)25(23)18-5-3-6-18/h9-12,15,17-18,20,36H,2-8,13-14,16H2,1H3/t20-,27-,28-/m1/s1. The van der Waals surface area contributed by atoms with Gasteiger partial charge in [0.15, 0.2) is 5.60 Å². The van der Waals surface area contributed by atoms with Crippen LogP contribution < -0.4 is 0 Å². The molecule has 0 saturated heterocycles. The van der Waals surface area contributed by atoms with E-state index in [9.17, 15) is 22.7 Å². The average molecular weight is 501 g/mol. The van der Waals surface area contributed by atoms with Crippen LogP contribution in [0.1, 0.15) is 87.3 Å². The molecule has 1 N–H and O–H groups in total. The molecule has 1 aromatic heterocycles. The first-order valence-corrected chi connectivity index (χ1v) is 13.3. The number of hydrogen-bond donors (Lipinski definition) is 1. The molecule has 0 aliphatic heterocycles. The summed E-state index contributed by atoms with van der Waals surface area (Å²) in [5.41, 5.74) is 2.64. The molecule has 192 valence electrons. The fourth-order valence-corrected chi connectivity index (χ4v) is 7.41. The summed E-state index contributed by atoms with van der Waals surface area (Å²) in [6.45, 7) is 2.09. The zero-order chi connectivity index (χ0) is 25.3. The van der Waals surface area contributed by atoms with Crippen LogP contribution in [0.5, 0.6) is 0 Å². The Morgan fingerprint density at radius 3 is 2.47 bits per heavy atom. The maximum atomic E-state index is 13.8. The number of halogens is 4. The predicted molar refractivity (Wildman–Crippen MR) is 131 cm³/mol. The Kier molecular flexibility index (Phi) is 5.52. The molecule has 0 unspecified atom stereocenters. The average Bonchev–Trinajstić information content (AvgIpc) is 3.16. The Hall–Kier alpha value is -2.41. The highest BCUT2D eigenvalue weighted by Crippen LogP contribution is 2.58. The molecule has 2 saturated carbocycles. The molecule has 0 amide bonds. The van der Waals surface area contributed by atoms with Crippen molar-refractivity contribution < 1.29 is 22.7 Å². The van der Waals surface area contributed by atoms with Gasteiger partial charge in [0.1, 0.15) is 5.82 Å². The van der Waals surface area contributed by atoms with Crippen LogP contribution in [-0.2, 0) is 11.8 Å². The quantitative estimate of drug-likeness (QED) is 0.378. The summed E-state index contributed by atoms with van der Waals surface area (Å²) < 4.78 is 57.1. The zero-order valence-electron chi connectivity index (χ0n) is 20.5. The predicted octanol–water partition coefficient (Wildman–Crippen LogP) is 7.51.